The molecule has 0 aliphatic carbocycles. The summed E-state index contributed by atoms with van der Waals surface area (Å²) in [5.41, 5.74) is 0. The molecule has 19 heteroatoms. The second-order valence-electron chi connectivity index (χ2n) is 25.9. The number of hydrogen-bond acceptors (Lipinski definition) is 15. The van der Waals surface area contributed by atoms with Crippen LogP contribution in [0, 0.1) is 0 Å². The van der Waals surface area contributed by atoms with Crippen LogP contribution in [0.3, 0.4) is 0 Å². The van der Waals surface area contributed by atoms with Crippen LogP contribution in [0.25, 0.3) is 0 Å². The van der Waals surface area contributed by atoms with Gasteiger partial charge in [0.15, 0.2) is 12.2 Å². The Hall–Kier alpha value is -3.76. The highest BCUT2D eigenvalue weighted by Crippen LogP contribution is 2.45. The van der Waals surface area contributed by atoms with Gasteiger partial charge in [-0.3, -0.25) is 37.3 Å². The third-order valence-electron chi connectivity index (χ3n) is 16.3. The molecule has 0 bridgehead atoms. The Kier molecular flexibility index (Phi) is 68.9. The van der Waals surface area contributed by atoms with Gasteiger partial charge in [0.2, 0.25) is 0 Å². The zero-order chi connectivity index (χ0) is 71.8. The third kappa shape index (κ3) is 70.7. The van der Waals surface area contributed by atoms with E-state index in [0.717, 1.165) is 148 Å². The Morgan fingerprint density at radius 2 is 0.531 bits per heavy atom. The van der Waals surface area contributed by atoms with E-state index in [1.165, 1.54) is 109 Å². The summed E-state index contributed by atoms with van der Waals surface area (Å²) in [5.74, 6) is -2.23. The summed E-state index contributed by atoms with van der Waals surface area (Å²) in [6.45, 7) is 4.69. The summed E-state index contributed by atoms with van der Waals surface area (Å²) in [7, 11) is -9.96. The molecular formula is C79H140O17P2. The SMILES string of the molecule is CC/C=C\C/C=C\C/C=C\C/C=C\CCCCC(=O)OCC(COP(=O)(O)OCC(O)COP(=O)(O)OCC(COC(=O)CCCCCCC/C=C\C/C=C\CCCCC)OC(=O)CCCCCCCCCCCCCCCCC)OC(=O)CCCCCCC/C=C\CCCCCC. The molecule has 17 nitrogen and oxygen atoms in total. The van der Waals surface area contributed by atoms with Crippen LogP contribution < -0.4 is 0 Å². The molecule has 0 heterocycles. The second-order valence-corrected chi connectivity index (χ2v) is 28.8. The Morgan fingerprint density at radius 3 is 0.878 bits per heavy atom. The lowest BCUT2D eigenvalue weighted by Gasteiger charge is -2.21. The average Bonchev–Trinajstić information content (AvgIpc) is 0.959. The molecule has 3 N–H and O–H groups in total. The minimum Gasteiger partial charge on any atom is -0.462 e. The van der Waals surface area contributed by atoms with Crippen molar-refractivity contribution >= 4 is 39.5 Å². The van der Waals surface area contributed by atoms with E-state index in [2.05, 4.69) is 113 Å². The van der Waals surface area contributed by atoms with Gasteiger partial charge in [-0.1, -0.05) is 273 Å². The molecule has 0 spiro atoms. The molecule has 0 aromatic rings. The zero-order valence-corrected chi connectivity index (χ0v) is 63.7. The van der Waals surface area contributed by atoms with Gasteiger partial charge < -0.3 is 33.8 Å². The molecule has 0 aromatic heterocycles. The largest absolute Gasteiger partial charge is 0.472 e. The van der Waals surface area contributed by atoms with E-state index < -0.39 is 97.5 Å². The molecule has 5 unspecified atom stereocenters. The fourth-order valence-electron chi connectivity index (χ4n) is 10.4. The summed E-state index contributed by atoms with van der Waals surface area (Å²) in [5, 5.41) is 10.6. The topological polar surface area (TPSA) is 237 Å². The molecule has 0 fully saturated rings. The molecule has 0 saturated heterocycles. The van der Waals surface area contributed by atoms with Gasteiger partial charge in [-0.2, -0.15) is 0 Å². The lowest BCUT2D eigenvalue weighted by molar-refractivity contribution is -0.161. The van der Waals surface area contributed by atoms with Crippen molar-refractivity contribution in [1.82, 2.24) is 0 Å². The molecule has 0 aliphatic rings. The Balaban J connectivity index is 5.37. The molecular weight excluding hydrogens is 1280 g/mol. The van der Waals surface area contributed by atoms with Gasteiger partial charge in [0.05, 0.1) is 26.4 Å². The number of ether oxygens (including phenoxy) is 4. The van der Waals surface area contributed by atoms with Crippen LogP contribution in [-0.4, -0.2) is 96.7 Å². The van der Waals surface area contributed by atoms with Gasteiger partial charge in [0.1, 0.15) is 19.3 Å². The summed E-state index contributed by atoms with van der Waals surface area (Å²) in [6, 6.07) is 0. The molecule has 98 heavy (non-hydrogen) atoms. The number of aliphatic hydroxyl groups is 1. The molecule has 0 aliphatic heterocycles. The van der Waals surface area contributed by atoms with Crippen molar-refractivity contribution in [1.29, 1.82) is 0 Å². The molecule has 0 rings (SSSR count). The predicted octanol–water partition coefficient (Wildman–Crippen LogP) is 22.2. The maximum atomic E-state index is 13.1. The van der Waals surface area contributed by atoms with Crippen molar-refractivity contribution in [3.63, 3.8) is 0 Å². The Morgan fingerprint density at radius 1 is 0.296 bits per heavy atom. The Labute approximate surface area is 595 Å². The van der Waals surface area contributed by atoms with Crippen LogP contribution in [0.5, 0.6) is 0 Å². The van der Waals surface area contributed by atoms with Crippen LogP contribution in [0.4, 0.5) is 0 Å². The van der Waals surface area contributed by atoms with Crippen molar-refractivity contribution in [2.45, 2.75) is 354 Å². The molecule has 5 atom stereocenters. The maximum absolute atomic E-state index is 13.1. The minimum absolute atomic E-state index is 0.0767. The summed E-state index contributed by atoms with van der Waals surface area (Å²) in [6.07, 6.45) is 72.8. The Bertz CT molecular complexity index is 2190. The van der Waals surface area contributed by atoms with Gasteiger partial charge in [0, 0.05) is 25.7 Å². The van der Waals surface area contributed by atoms with E-state index in [-0.39, 0.29) is 25.7 Å². The number of allylic oxidation sites excluding steroid dienone is 14. The van der Waals surface area contributed by atoms with Crippen molar-refractivity contribution < 1.29 is 80.2 Å². The highest BCUT2D eigenvalue weighted by molar-refractivity contribution is 7.47. The number of esters is 4. The molecule has 568 valence electrons. The first-order valence-electron chi connectivity index (χ1n) is 38.8. The first kappa shape index (κ1) is 94.2. The van der Waals surface area contributed by atoms with Gasteiger partial charge in [-0.15, -0.1) is 0 Å². The van der Waals surface area contributed by atoms with Gasteiger partial charge in [-0.25, -0.2) is 9.13 Å². The normalized spacial score (nSPS) is 14.4. The average molecular weight is 1420 g/mol. The van der Waals surface area contributed by atoms with Crippen molar-refractivity contribution in [2.75, 3.05) is 39.6 Å². The lowest BCUT2D eigenvalue weighted by Crippen LogP contribution is -2.30. The molecule has 0 aromatic carbocycles. The fraction of sp³-hybridized carbons (Fsp3) is 0.772. The van der Waals surface area contributed by atoms with E-state index in [0.29, 0.717) is 25.7 Å². The monoisotopic (exact) mass is 1420 g/mol. The van der Waals surface area contributed by atoms with Crippen molar-refractivity contribution in [3.8, 4) is 0 Å². The summed E-state index contributed by atoms with van der Waals surface area (Å²) in [4.78, 5) is 72.9. The van der Waals surface area contributed by atoms with Crippen molar-refractivity contribution in [2.24, 2.45) is 0 Å². The number of rotatable bonds is 73. The first-order valence-corrected chi connectivity index (χ1v) is 41.8. The minimum atomic E-state index is -4.98. The smallest absolute Gasteiger partial charge is 0.462 e. The zero-order valence-electron chi connectivity index (χ0n) is 62.0. The highest BCUT2D eigenvalue weighted by Gasteiger charge is 2.30. The molecule has 0 amide bonds. The van der Waals surface area contributed by atoms with Gasteiger partial charge >= 0.3 is 39.5 Å². The van der Waals surface area contributed by atoms with Gasteiger partial charge in [0.25, 0.3) is 0 Å². The highest BCUT2D eigenvalue weighted by atomic mass is 31.2. The van der Waals surface area contributed by atoms with Crippen LogP contribution in [0.2, 0.25) is 0 Å². The number of unbranched alkanes of at least 4 members (excludes halogenated alkanes) is 33. The number of carbonyl (C=O) groups excluding carboxylic acids is 4. The fourth-order valence-corrected chi connectivity index (χ4v) is 12.0. The maximum Gasteiger partial charge on any atom is 0.472 e. The number of aliphatic hydroxyl groups excluding tert-OH is 1. The van der Waals surface area contributed by atoms with Crippen LogP contribution in [0.15, 0.2) is 85.1 Å². The van der Waals surface area contributed by atoms with Crippen LogP contribution >= 0.6 is 15.6 Å². The molecule has 0 radical (unpaired) electrons. The van der Waals surface area contributed by atoms with E-state index in [1.807, 2.05) is 0 Å². The number of carbonyl (C=O) groups is 4. The van der Waals surface area contributed by atoms with Crippen molar-refractivity contribution in [3.05, 3.63) is 85.1 Å². The number of hydrogen-bond donors (Lipinski definition) is 3. The van der Waals surface area contributed by atoms with E-state index >= 15 is 0 Å². The third-order valence-corrected chi connectivity index (χ3v) is 18.2. The van der Waals surface area contributed by atoms with Crippen LogP contribution in [0.1, 0.15) is 336 Å². The standard InChI is InChI=1S/C79H140O17P2/c1-5-9-13-17-21-25-29-33-36-40-43-47-51-55-59-63-76(81)89-69-74(95-78(83)65-61-57-53-49-45-39-32-28-24-20-16-12-8-4)71-93-97(85,86)91-67-73(80)68-92-98(87,88)94-72-75(96-79(84)66-62-58-54-50-46-42-38-35-31-27-23-19-15-11-7-3)70-90-77(82)64-60-56-52-48-44-41-37-34-30-26-22-18-14-10-6-2/h9,13,21-22,25-26,28,32-34,36-37,43,47,73-75,80H,5-8,10-12,14-20,23-24,27,29-31,35,38-42,44-46,48-72H2,1-4H3,(H,85,86)(H,87,88)/b13-9-,25-21-,26-22-,32-28-,36-33-,37-34-,47-43-. The summed E-state index contributed by atoms with van der Waals surface area (Å²) >= 11 is 0. The number of phosphoric acid groups is 2. The predicted molar refractivity (Wildman–Crippen MR) is 399 cm³/mol. The quantitative estimate of drug-likeness (QED) is 0.0169. The number of phosphoric ester groups is 2. The lowest BCUT2D eigenvalue weighted by atomic mass is 10.0. The van der Waals surface area contributed by atoms with Crippen LogP contribution in [-0.2, 0) is 65.4 Å². The second kappa shape index (κ2) is 71.6. The first-order chi connectivity index (χ1) is 47.7. The summed E-state index contributed by atoms with van der Waals surface area (Å²) < 4.78 is 68.5. The molecule has 0 saturated carbocycles. The van der Waals surface area contributed by atoms with E-state index in [9.17, 15) is 43.2 Å². The van der Waals surface area contributed by atoms with Gasteiger partial charge in [-0.05, 0) is 122 Å². The van der Waals surface area contributed by atoms with E-state index in [1.54, 1.807) is 0 Å². The van der Waals surface area contributed by atoms with E-state index in [4.69, 9.17) is 37.0 Å².